The largest absolute Gasteiger partial charge is 0.342 e. The zero-order valence-electron chi connectivity index (χ0n) is 15.5. The number of rotatable bonds is 3. The van der Waals surface area contributed by atoms with Gasteiger partial charge in [-0.15, -0.1) is 0 Å². The summed E-state index contributed by atoms with van der Waals surface area (Å²) in [6.45, 7) is 5.80. The number of aryl methyl sites for hydroxylation is 2. The van der Waals surface area contributed by atoms with E-state index in [0.29, 0.717) is 12.5 Å². The van der Waals surface area contributed by atoms with Gasteiger partial charge in [0.05, 0.1) is 23.8 Å². The molecular formula is C22H25N3O. The lowest BCUT2D eigenvalue weighted by atomic mass is 10.0. The number of hydrogen-bond acceptors (Lipinski definition) is 2. The monoisotopic (exact) mass is 347 g/mol. The molecule has 0 bridgehead atoms. The number of fused-ring (bicyclic) bond motifs is 1. The Balaban J connectivity index is 1.41. The summed E-state index contributed by atoms with van der Waals surface area (Å²) in [6.07, 6.45) is 4.42. The number of likely N-dealkylation sites (tertiary alicyclic amines) is 1. The highest BCUT2D eigenvalue weighted by molar-refractivity contribution is 5.79. The van der Waals surface area contributed by atoms with E-state index in [-0.39, 0.29) is 5.91 Å². The fraction of sp³-hybridized carbons (Fsp3) is 0.364. The van der Waals surface area contributed by atoms with Crippen LogP contribution in [0, 0.1) is 13.8 Å². The van der Waals surface area contributed by atoms with Crippen LogP contribution in [-0.2, 0) is 11.2 Å². The molecule has 0 saturated carbocycles. The molecule has 134 valence electrons. The predicted molar refractivity (Wildman–Crippen MR) is 104 cm³/mol. The van der Waals surface area contributed by atoms with Crippen LogP contribution in [0.4, 0.5) is 0 Å². The molecule has 1 amide bonds. The normalized spacial score (nSPS) is 15.5. The Morgan fingerprint density at radius 3 is 2.69 bits per heavy atom. The molecule has 26 heavy (non-hydrogen) atoms. The highest BCUT2D eigenvalue weighted by Crippen LogP contribution is 2.27. The third kappa shape index (κ3) is 3.24. The van der Waals surface area contributed by atoms with Gasteiger partial charge in [0, 0.05) is 19.1 Å². The SMILES string of the molecule is Cc1ccc(C)c(CC(=O)N2CCC(n3cnc4ccccc43)CC2)c1. The van der Waals surface area contributed by atoms with Crippen molar-refractivity contribution in [1.82, 2.24) is 14.5 Å². The summed E-state index contributed by atoms with van der Waals surface area (Å²) < 4.78 is 2.28. The van der Waals surface area contributed by atoms with Gasteiger partial charge in [-0.25, -0.2) is 4.98 Å². The standard InChI is InChI=1S/C22H25N3O/c1-16-7-8-17(2)18(13-16)14-22(26)24-11-9-19(10-12-24)25-15-23-20-5-3-4-6-21(20)25/h3-8,13,15,19H,9-12,14H2,1-2H3. The number of piperidine rings is 1. The Hall–Kier alpha value is -2.62. The van der Waals surface area contributed by atoms with E-state index in [1.807, 2.05) is 17.3 Å². The molecular weight excluding hydrogens is 322 g/mol. The highest BCUT2D eigenvalue weighted by atomic mass is 16.2. The first-order valence-corrected chi connectivity index (χ1v) is 9.37. The first-order chi connectivity index (χ1) is 12.6. The van der Waals surface area contributed by atoms with Crippen molar-refractivity contribution in [1.29, 1.82) is 0 Å². The molecule has 1 aliphatic heterocycles. The zero-order chi connectivity index (χ0) is 18.1. The van der Waals surface area contributed by atoms with Gasteiger partial charge in [-0.05, 0) is 49.9 Å². The molecule has 0 radical (unpaired) electrons. The van der Waals surface area contributed by atoms with Crippen molar-refractivity contribution in [2.45, 2.75) is 39.2 Å². The molecule has 3 aromatic rings. The van der Waals surface area contributed by atoms with Crippen LogP contribution in [0.15, 0.2) is 48.8 Å². The van der Waals surface area contributed by atoms with E-state index in [0.717, 1.165) is 37.0 Å². The number of aromatic nitrogens is 2. The summed E-state index contributed by atoms with van der Waals surface area (Å²) >= 11 is 0. The van der Waals surface area contributed by atoms with Crippen molar-refractivity contribution in [2.75, 3.05) is 13.1 Å². The Kier molecular flexibility index (Phi) is 4.49. The van der Waals surface area contributed by atoms with Crippen LogP contribution in [0.25, 0.3) is 11.0 Å². The maximum atomic E-state index is 12.7. The van der Waals surface area contributed by atoms with Crippen LogP contribution in [0.5, 0.6) is 0 Å². The fourth-order valence-electron chi connectivity index (χ4n) is 3.93. The summed E-state index contributed by atoms with van der Waals surface area (Å²) in [7, 11) is 0. The number of hydrogen-bond donors (Lipinski definition) is 0. The average molecular weight is 347 g/mol. The molecule has 0 unspecified atom stereocenters. The van der Waals surface area contributed by atoms with Crippen molar-refractivity contribution < 1.29 is 4.79 Å². The molecule has 4 rings (SSSR count). The molecule has 1 aliphatic rings. The van der Waals surface area contributed by atoms with Gasteiger partial charge < -0.3 is 9.47 Å². The van der Waals surface area contributed by atoms with Gasteiger partial charge in [0.25, 0.3) is 0 Å². The van der Waals surface area contributed by atoms with Gasteiger partial charge in [0.1, 0.15) is 0 Å². The van der Waals surface area contributed by atoms with E-state index in [9.17, 15) is 4.79 Å². The van der Waals surface area contributed by atoms with Crippen LogP contribution in [0.2, 0.25) is 0 Å². The quantitative estimate of drug-likeness (QED) is 0.717. The Labute approximate surface area is 154 Å². The van der Waals surface area contributed by atoms with Gasteiger partial charge in [-0.3, -0.25) is 4.79 Å². The van der Waals surface area contributed by atoms with Gasteiger partial charge >= 0.3 is 0 Å². The Morgan fingerprint density at radius 1 is 1.12 bits per heavy atom. The number of benzene rings is 2. The molecule has 4 heteroatoms. The number of carbonyl (C=O) groups is 1. The van der Waals surface area contributed by atoms with Crippen molar-refractivity contribution in [3.8, 4) is 0 Å². The number of imidazole rings is 1. The molecule has 0 N–H and O–H groups in total. The number of amides is 1. The minimum atomic E-state index is 0.243. The fourth-order valence-corrected chi connectivity index (χ4v) is 3.93. The molecule has 0 spiro atoms. The van der Waals surface area contributed by atoms with E-state index in [1.165, 1.54) is 16.6 Å². The second-order valence-corrected chi connectivity index (χ2v) is 7.36. The first kappa shape index (κ1) is 16.8. The topological polar surface area (TPSA) is 38.1 Å². The zero-order valence-corrected chi connectivity index (χ0v) is 15.5. The molecule has 1 aromatic heterocycles. The molecule has 1 saturated heterocycles. The number of carbonyl (C=O) groups excluding carboxylic acids is 1. The molecule has 1 fully saturated rings. The van der Waals surface area contributed by atoms with Gasteiger partial charge in [0.2, 0.25) is 5.91 Å². The van der Waals surface area contributed by atoms with E-state index in [1.54, 1.807) is 0 Å². The molecule has 4 nitrogen and oxygen atoms in total. The highest BCUT2D eigenvalue weighted by Gasteiger charge is 2.24. The van der Waals surface area contributed by atoms with E-state index in [4.69, 9.17) is 0 Å². The Morgan fingerprint density at radius 2 is 1.88 bits per heavy atom. The maximum Gasteiger partial charge on any atom is 0.227 e. The van der Waals surface area contributed by atoms with Crippen molar-refractivity contribution in [2.24, 2.45) is 0 Å². The molecule has 0 aliphatic carbocycles. The predicted octanol–water partition coefficient (Wildman–Crippen LogP) is 4.06. The van der Waals surface area contributed by atoms with E-state index < -0.39 is 0 Å². The van der Waals surface area contributed by atoms with Crippen molar-refractivity contribution in [3.63, 3.8) is 0 Å². The van der Waals surface area contributed by atoms with E-state index >= 15 is 0 Å². The molecule has 2 aromatic carbocycles. The average Bonchev–Trinajstić information content (AvgIpc) is 3.09. The number of para-hydroxylation sites is 2. The number of nitrogens with zero attached hydrogens (tertiary/aromatic N) is 3. The third-order valence-corrected chi connectivity index (χ3v) is 5.54. The summed E-state index contributed by atoms with van der Waals surface area (Å²) in [6, 6.07) is 15.0. The minimum Gasteiger partial charge on any atom is -0.342 e. The lowest BCUT2D eigenvalue weighted by molar-refractivity contribution is -0.131. The van der Waals surface area contributed by atoms with Gasteiger partial charge in [-0.2, -0.15) is 0 Å². The van der Waals surface area contributed by atoms with Crippen LogP contribution in [0.3, 0.4) is 0 Å². The maximum absolute atomic E-state index is 12.7. The van der Waals surface area contributed by atoms with Crippen LogP contribution in [0.1, 0.15) is 35.6 Å². The van der Waals surface area contributed by atoms with Crippen LogP contribution < -0.4 is 0 Å². The summed E-state index contributed by atoms with van der Waals surface area (Å²) in [5, 5.41) is 0. The second-order valence-electron chi connectivity index (χ2n) is 7.36. The molecule has 0 atom stereocenters. The van der Waals surface area contributed by atoms with Gasteiger partial charge in [0.15, 0.2) is 0 Å². The van der Waals surface area contributed by atoms with Crippen LogP contribution in [-0.4, -0.2) is 33.4 Å². The second kappa shape index (κ2) is 6.94. The molecule has 2 heterocycles. The summed E-state index contributed by atoms with van der Waals surface area (Å²) in [5.74, 6) is 0.243. The van der Waals surface area contributed by atoms with Gasteiger partial charge in [-0.1, -0.05) is 35.9 Å². The van der Waals surface area contributed by atoms with Crippen LogP contribution >= 0.6 is 0 Å². The Bertz CT molecular complexity index is 935. The lowest BCUT2D eigenvalue weighted by Gasteiger charge is -2.33. The first-order valence-electron chi connectivity index (χ1n) is 9.37. The summed E-state index contributed by atoms with van der Waals surface area (Å²) in [4.78, 5) is 19.3. The lowest BCUT2D eigenvalue weighted by Crippen LogP contribution is -2.39. The van der Waals surface area contributed by atoms with Crippen molar-refractivity contribution >= 4 is 16.9 Å². The van der Waals surface area contributed by atoms with E-state index in [2.05, 4.69) is 59.8 Å². The minimum absolute atomic E-state index is 0.243. The third-order valence-electron chi connectivity index (χ3n) is 5.54. The smallest absolute Gasteiger partial charge is 0.227 e. The van der Waals surface area contributed by atoms with Crippen molar-refractivity contribution in [3.05, 3.63) is 65.5 Å². The summed E-state index contributed by atoms with van der Waals surface area (Å²) in [5.41, 5.74) is 5.79.